The second kappa shape index (κ2) is 13.3. The number of furan rings is 1. The smallest absolute Gasteiger partial charge is 0.164 e. The predicted octanol–water partition coefficient (Wildman–Crippen LogP) is 13.2. The molecule has 5 nitrogen and oxygen atoms in total. The second-order valence-electron chi connectivity index (χ2n) is 15.4. The number of nitrogens with zero attached hydrogens (tertiary/aromatic N) is 4. The van der Waals surface area contributed by atoms with Crippen LogP contribution in [-0.2, 0) is 5.41 Å². The molecule has 1 saturated carbocycles. The Bertz CT molecular complexity index is 3040. The van der Waals surface area contributed by atoms with Gasteiger partial charge in [0.1, 0.15) is 11.2 Å². The lowest BCUT2D eigenvalue weighted by Crippen LogP contribution is -2.28. The predicted molar refractivity (Wildman–Crippen MR) is 228 cm³/mol. The van der Waals surface area contributed by atoms with Crippen LogP contribution in [0, 0.1) is 11.3 Å². The first-order valence-electron chi connectivity index (χ1n) is 19.8. The van der Waals surface area contributed by atoms with Crippen LogP contribution in [0.15, 0.2) is 162 Å². The Hall–Kier alpha value is -7.16. The summed E-state index contributed by atoms with van der Waals surface area (Å²) in [4.78, 5) is 15.1. The van der Waals surface area contributed by atoms with E-state index in [9.17, 15) is 5.26 Å². The van der Waals surface area contributed by atoms with Gasteiger partial charge in [0.2, 0.25) is 0 Å². The number of para-hydroxylation sites is 1. The van der Waals surface area contributed by atoms with E-state index in [2.05, 4.69) is 97.1 Å². The molecule has 1 spiro atoms. The van der Waals surface area contributed by atoms with Crippen molar-refractivity contribution >= 4 is 21.9 Å². The van der Waals surface area contributed by atoms with Crippen molar-refractivity contribution in [3.63, 3.8) is 0 Å². The van der Waals surface area contributed by atoms with Gasteiger partial charge in [-0.15, -0.1) is 0 Å². The number of hydrogen-bond donors (Lipinski definition) is 0. The largest absolute Gasteiger partial charge is 0.456 e. The van der Waals surface area contributed by atoms with Crippen LogP contribution in [0.3, 0.4) is 0 Å². The van der Waals surface area contributed by atoms with E-state index < -0.39 is 0 Å². The summed E-state index contributed by atoms with van der Waals surface area (Å²) in [5, 5.41) is 11.7. The SMILES string of the molecule is N#Cc1ccc2c(c1)-c1ccc(-c3ccc(-c4ccc(-c5nc(-c6ccccc6)nc(-c6cccc7oc8ccccc8c67)n5)cc4)cc3)cc1C21CCCCC1. The van der Waals surface area contributed by atoms with Gasteiger partial charge in [0.05, 0.1) is 11.6 Å². The van der Waals surface area contributed by atoms with Crippen LogP contribution < -0.4 is 0 Å². The Labute approximate surface area is 331 Å². The molecule has 0 N–H and O–H groups in total. The normalized spacial score (nSPS) is 14.1. The van der Waals surface area contributed by atoms with E-state index in [1.807, 2.05) is 66.7 Å². The third kappa shape index (κ3) is 5.48. The van der Waals surface area contributed by atoms with Gasteiger partial charge in [0.15, 0.2) is 17.5 Å². The van der Waals surface area contributed by atoms with E-state index in [4.69, 9.17) is 19.4 Å². The van der Waals surface area contributed by atoms with Gasteiger partial charge in [-0.25, -0.2) is 15.0 Å². The molecule has 2 aliphatic carbocycles. The van der Waals surface area contributed by atoms with Gasteiger partial charge in [-0.05, 0) is 87.7 Å². The molecule has 7 aromatic carbocycles. The summed E-state index contributed by atoms with van der Waals surface area (Å²) < 4.78 is 6.21. The zero-order chi connectivity index (χ0) is 37.9. The van der Waals surface area contributed by atoms with Crippen molar-refractivity contribution < 1.29 is 4.42 Å². The monoisotopic (exact) mass is 732 g/mol. The summed E-state index contributed by atoms with van der Waals surface area (Å²) in [7, 11) is 0. The van der Waals surface area contributed by atoms with Crippen molar-refractivity contribution in [2.24, 2.45) is 0 Å². The Kier molecular flexibility index (Phi) is 7.72. The highest BCUT2D eigenvalue weighted by molar-refractivity contribution is 6.11. The fourth-order valence-electron chi connectivity index (χ4n) is 9.42. The summed E-state index contributed by atoms with van der Waals surface area (Å²) in [5.41, 5.74) is 15.2. The number of fused-ring (bicyclic) bond motifs is 8. The van der Waals surface area contributed by atoms with Gasteiger partial charge in [-0.1, -0.05) is 147 Å². The molecule has 9 aromatic rings. The van der Waals surface area contributed by atoms with Crippen molar-refractivity contribution in [1.82, 2.24) is 15.0 Å². The van der Waals surface area contributed by atoms with Gasteiger partial charge in [0.25, 0.3) is 0 Å². The summed E-state index contributed by atoms with van der Waals surface area (Å²) in [5.74, 6) is 1.84. The number of benzene rings is 7. The molecule has 0 amide bonds. The minimum Gasteiger partial charge on any atom is -0.456 e. The molecule has 2 heterocycles. The molecule has 2 aliphatic rings. The highest BCUT2D eigenvalue weighted by Gasteiger charge is 2.43. The molecule has 57 heavy (non-hydrogen) atoms. The standard InChI is InChI=1S/C52H36N4O/c53-32-33-16-27-44-43(30-33)40-26-25-39(31-45(40)52(44)28-7-2-8-29-52)36-19-17-34(18-20-36)35-21-23-38(24-22-35)50-54-49(37-10-3-1-4-11-37)55-51(56-50)42-13-9-15-47-48(42)41-12-5-6-14-46(41)57-47/h1,3-6,9-27,30-31H,2,7-8,28-29H2. The molecule has 0 atom stereocenters. The lowest BCUT2D eigenvalue weighted by Gasteiger charge is -2.36. The zero-order valence-electron chi connectivity index (χ0n) is 31.2. The highest BCUT2D eigenvalue weighted by Crippen LogP contribution is 2.56. The molecule has 1 fully saturated rings. The summed E-state index contributed by atoms with van der Waals surface area (Å²) >= 11 is 0. The van der Waals surface area contributed by atoms with Crippen LogP contribution in [0.5, 0.6) is 0 Å². The topological polar surface area (TPSA) is 75.6 Å². The number of rotatable bonds is 5. The minimum atomic E-state index is 0.0384. The molecule has 5 heteroatoms. The van der Waals surface area contributed by atoms with Gasteiger partial charge < -0.3 is 4.42 Å². The van der Waals surface area contributed by atoms with Crippen LogP contribution in [0.2, 0.25) is 0 Å². The molecule has 11 rings (SSSR count). The quantitative estimate of drug-likeness (QED) is 0.176. The Morgan fingerprint density at radius 2 is 1.07 bits per heavy atom. The van der Waals surface area contributed by atoms with Gasteiger partial charge in [-0.3, -0.25) is 0 Å². The van der Waals surface area contributed by atoms with E-state index in [0.29, 0.717) is 17.5 Å². The van der Waals surface area contributed by atoms with E-state index in [-0.39, 0.29) is 5.41 Å². The summed E-state index contributed by atoms with van der Waals surface area (Å²) in [6, 6.07) is 57.3. The molecule has 0 unspecified atom stereocenters. The van der Waals surface area contributed by atoms with Crippen molar-refractivity contribution in [1.29, 1.82) is 5.26 Å². The third-order valence-corrected chi connectivity index (χ3v) is 12.2. The number of aromatic nitrogens is 3. The molecule has 2 aromatic heterocycles. The van der Waals surface area contributed by atoms with Crippen LogP contribution in [0.1, 0.15) is 48.8 Å². The maximum Gasteiger partial charge on any atom is 0.164 e. The maximum absolute atomic E-state index is 9.67. The fraction of sp³-hybridized carbons (Fsp3) is 0.115. The Morgan fingerprint density at radius 3 is 1.81 bits per heavy atom. The lowest BCUT2D eigenvalue weighted by molar-refractivity contribution is 0.353. The van der Waals surface area contributed by atoms with Gasteiger partial charge in [-0.2, -0.15) is 5.26 Å². The molecule has 0 bridgehead atoms. The minimum absolute atomic E-state index is 0.0384. The van der Waals surface area contributed by atoms with Crippen molar-refractivity contribution in [2.45, 2.75) is 37.5 Å². The van der Waals surface area contributed by atoms with E-state index in [0.717, 1.165) is 68.2 Å². The zero-order valence-corrected chi connectivity index (χ0v) is 31.2. The van der Waals surface area contributed by atoms with E-state index >= 15 is 0 Å². The number of nitriles is 1. The molecule has 0 saturated heterocycles. The summed E-state index contributed by atoms with van der Waals surface area (Å²) in [6.45, 7) is 0. The highest BCUT2D eigenvalue weighted by atomic mass is 16.3. The average Bonchev–Trinajstić information content (AvgIpc) is 3.79. The van der Waals surface area contributed by atoms with E-state index in [1.54, 1.807) is 0 Å². The van der Waals surface area contributed by atoms with Crippen LogP contribution in [-0.4, -0.2) is 15.0 Å². The fourth-order valence-corrected chi connectivity index (χ4v) is 9.42. The van der Waals surface area contributed by atoms with Crippen molar-refractivity contribution in [3.05, 3.63) is 174 Å². The first kappa shape index (κ1) is 33.2. The second-order valence-corrected chi connectivity index (χ2v) is 15.4. The van der Waals surface area contributed by atoms with Crippen LogP contribution in [0.25, 0.3) is 89.5 Å². The van der Waals surface area contributed by atoms with Gasteiger partial charge >= 0.3 is 0 Å². The molecular weight excluding hydrogens is 697 g/mol. The summed E-state index contributed by atoms with van der Waals surface area (Å²) in [6.07, 6.45) is 6.08. The van der Waals surface area contributed by atoms with Crippen molar-refractivity contribution in [2.75, 3.05) is 0 Å². The van der Waals surface area contributed by atoms with Crippen molar-refractivity contribution in [3.8, 4) is 73.6 Å². The third-order valence-electron chi connectivity index (χ3n) is 12.2. The Balaban J connectivity index is 0.929. The average molecular weight is 733 g/mol. The first-order chi connectivity index (χ1) is 28.1. The van der Waals surface area contributed by atoms with Crippen LogP contribution in [0.4, 0.5) is 0 Å². The lowest BCUT2D eigenvalue weighted by atomic mass is 9.67. The molecule has 0 aliphatic heterocycles. The number of hydrogen-bond acceptors (Lipinski definition) is 5. The Morgan fingerprint density at radius 1 is 0.456 bits per heavy atom. The van der Waals surface area contributed by atoms with E-state index in [1.165, 1.54) is 52.6 Å². The molecule has 0 radical (unpaired) electrons. The van der Waals surface area contributed by atoms with Gasteiger partial charge in [0, 0.05) is 32.9 Å². The molecular formula is C52H36N4O. The first-order valence-corrected chi connectivity index (χ1v) is 19.8. The van der Waals surface area contributed by atoms with Crippen LogP contribution >= 0.6 is 0 Å². The molecule has 270 valence electrons. The maximum atomic E-state index is 9.67.